The Hall–Kier alpha value is -1.05. The number of ether oxygens (including phenoxy) is 1. The van der Waals surface area contributed by atoms with Crippen LogP contribution in [0.1, 0.15) is 37.7 Å². The highest BCUT2D eigenvalue weighted by atomic mass is 19.1. The summed E-state index contributed by atoms with van der Waals surface area (Å²) in [4.78, 5) is 0. The van der Waals surface area contributed by atoms with E-state index in [0.717, 1.165) is 18.8 Å². The van der Waals surface area contributed by atoms with Crippen LogP contribution >= 0.6 is 0 Å². The van der Waals surface area contributed by atoms with Gasteiger partial charge in [0.25, 0.3) is 0 Å². The van der Waals surface area contributed by atoms with Crippen LogP contribution in [0.25, 0.3) is 0 Å². The van der Waals surface area contributed by atoms with E-state index in [1.165, 1.54) is 24.5 Å². The minimum Gasteiger partial charge on any atom is -0.493 e. The first kappa shape index (κ1) is 9.20. The molecule has 1 spiro atoms. The molecule has 0 unspecified atom stereocenters. The summed E-state index contributed by atoms with van der Waals surface area (Å²) in [6.07, 6.45) is 3.66. The highest BCUT2D eigenvalue weighted by molar-refractivity contribution is 5.41. The average molecular weight is 206 g/mol. The first-order valence-electron chi connectivity index (χ1n) is 5.67. The van der Waals surface area contributed by atoms with Gasteiger partial charge in [-0.15, -0.1) is 0 Å². The maximum atomic E-state index is 13.1. The smallest absolute Gasteiger partial charge is 0.126 e. The Morgan fingerprint density at radius 2 is 2.27 bits per heavy atom. The van der Waals surface area contributed by atoms with Crippen molar-refractivity contribution in [2.24, 2.45) is 5.41 Å². The van der Waals surface area contributed by atoms with Crippen LogP contribution in [0, 0.1) is 11.2 Å². The van der Waals surface area contributed by atoms with Crippen molar-refractivity contribution >= 4 is 0 Å². The summed E-state index contributed by atoms with van der Waals surface area (Å²) in [5, 5.41) is 0. The van der Waals surface area contributed by atoms with E-state index in [9.17, 15) is 4.39 Å². The lowest BCUT2D eigenvalue weighted by Crippen LogP contribution is -2.27. The molecule has 0 N–H and O–H groups in total. The van der Waals surface area contributed by atoms with Gasteiger partial charge < -0.3 is 4.74 Å². The summed E-state index contributed by atoms with van der Waals surface area (Å²) < 4.78 is 18.7. The normalized spacial score (nSPS) is 25.9. The van der Waals surface area contributed by atoms with Crippen molar-refractivity contribution in [3.63, 3.8) is 0 Å². The fourth-order valence-electron chi connectivity index (χ4n) is 2.88. The molecule has 15 heavy (non-hydrogen) atoms. The fourth-order valence-corrected chi connectivity index (χ4v) is 2.88. The maximum Gasteiger partial charge on any atom is 0.126 e. The van der Waals surface area contributed by atoms with Gasteiger partial charge in [-0.25, -0.2) is 4.39 Å². The van der Waals surface area contributed by atoms with Gasteiger partial charge in [-0.1, -0.05) is 13.0 Å². The Morgan fingerprint density at radius 1 is 1.47 bits per heavy atom. The van der Waals surface area contributed by atoms with Crippen molar-refractivity contribution in [3.8, 4) is 5.75 Å². The number of hydrogen-bond donors (Lipinski definition) is 0. The number of hydrogen-bond acceptors (Lipinski definition) is 1. The van der Waals surface area contributed by atoms with Crippen LogP contribution in [-0.2, 0) is 0 Å². The third-order valence-corrected chi connectivity index (χ3v) is 3.91. The summed E-state index contributed by atoms with van der Waals surface area (Å²) in [5.74, 6) is 1.14. The zero-order valence-corrected chi connectivity index (χ0v) is 8.92. The van der Waals surface area contributed by atoms with Crippen molar-refractivity contribution in [1.29, 1.82) is 0 Å². The molecule has 1 aromatic rings. The zero-order valence-electron chi connectivity index (χ0n) is 8.92. The van der Waals surface area contributed by atoms with Crippen molar-refractivity contribution in [2.45, 2.75) is 32.1 Å². The van der Waals surface area contributed by atoms with Crippen LogP contribution in [0.2, 0.25) is 0 Å². The molecule has 1 aliphatic carbocycles. The Morgan fingerprint density at radius 3 is 2.93 bits per heavy atom. The molecule has 3 rings (SSSR count). The van der Waals surface area contributed by atoms with Crippen molar-refractivity contribution in [2.75, 3.05) is 6.61 Å². The van der Waals surface area contributed by atoms with E-state index in [-0.39, 0.29) is 5.82 Å². The van der Waals surface area contributed by atoms with Gasteiger partial charge in [0.2, 0.25) is 0 Å². The lowest BCUT2D eigenvalue weighted by atomic mass is 9.79. The molecule has 2 aliphatic rings. The zero-order chi connectivity index (χ0) is 10.5. The van der Waals surface area contributed by atoms with E-state index in [0.29, 0.717) is 11.3 Å². The molecule has 80 valence electrons. The molecule has 1 aromatic carbocycles. The second-order valence-electron chi connectivity index (χ2n) is 4.79. The minimum atomic E-state index is -0.199. The highest BCUT2D eigenvalue weighted by Crippen LogP contribution is 2.60. The van der Waals surface area contributed by atoms with Gasteiger partial charge in [0.15, 0.2) is 0 Å². The molecule has 1 saturated carbocycles. The molecule has 0 saturated heterocycles. The SMILES string of the molecule is CC[C@@H]1c2ccc(F)cc2OCC12CC2. The topological polar surface area (TPSA) is 9.23 Å². The number of halogens is 1. The van der Waals surface area contributed by atoms with Crippen LogP contribution in [-0.4, -0.2) is 6.61 Å². The lowest BCUT2D eigenvalue weighted by molar-refractivity contribution is 0.172. The molecule has 2 heteroatoms. The molecule has 0 bridgehead atoms. The van der Waals surface area contributed by atoms with E-state index >= 15 is 0 Å². The van der Waals surface area contributed by atoms with Gasteiger partial charge in [-0.3, -0.25) is 0 Å². The molecule has 0 aromatic heterocycles. The Bertz CT molecular complexity index is 396. The molecular formula is C13H15FO. The van der Waals surface area contributed by atoms with Crippen LogP contribution in [0.3, 0.4) is 0 Å². The van der Waals surface area contributed by atoms with Crippen molar-refractivity contribution in [3.05, 3.63) is 29.6 Å². The molecule has 1 heterocycles. The molecule has 0 amide bonds. The first-order chi connectivity index (χ1) is 7.25. The Labute approximate surface area is 89.3 Å². The standard InChI is InChI=1S/C13H15FO/c1-2-11-10-4-3-9(14)7-12(10)15-8-13(11)5-6-13/h3-4,7,11H,2,5-6,8H2,1H3/t11-/m1/s1. The molecule has 1 aliphatic heterocycles. The second-order valence-corrected chi connectivity index (χ2v) is 4.79. The second kappa shape index (κ2) is 2.97. The van der Waals surface area contributed by atoms with Gasteiger partial charge in [0.05, 0.1) is 6.61 Å². The summed E-state index contributed by atoms with van der Waals surface area (Å²) in [7, 11) is 0. The van der Waals surface area contributed by atoms with Gasteiger partial charge in [-0.2, -0.15) is 0 Å². The van der Waals surface area contributed by atoms with Gasteiger partial charge >= 0.3 is 0 Å². The quantitative estimate of drug-likeness (QED) is 0.683. The summed E-state index contributed by atoms with van der Waals surface area (Å²) >= 11 is 0. The molecule has 1 nitrogen and oxygen atoms in total. The Kier molecular flexibility index (Phi) is 1.82. The Balaban J connectivity index is 2.06. The minimum absolute atomic E-state index is 0.199. The van der Waals surface area contributed by atoms with Crippen LogP contribution in [0.4, 0.5) is 4.39 Å². The summed E-state index contributed by atoms with van der Waals surface area (Å²) in [5.41, 5.74) is 1.60. The fraction of sp³-hybridized carbons (Fsp3) is 0.538. The van der Waals surface area contributed by atoms with Crippen LogP contribution in [0.15, 0.2) is 18.2 Å². The molecule has 1 fully saturated rings. The summed E-state index contributed by atoms with van der Waals surface area (Å²) in [6, 6.07) is 4.97. The van der Waals surface area contributed by atoms with Crippen LogP contribution in [0.5, 0.6) is 5.75 Å². The number of benzene rings is 1. The average Bonchev–Trinajstić information content (AvgIpc) is 2.99. The van der Waals surface area contributed by atoms with E-state index in [2.05, 4.69) is 6.92 Å². The molecule has 0 radical (unpaired) electrons. The lowest BCUT2D eigenvalue weighted by Gasteiger charge is -2.33. The molecule has 1 atom stereocenters. The van der Waals surface area contributed by atoms with Gasteiger partial charge in [0.1, 0.15) is 11.6 Å². The van der Waals surface area contributed by atoms with Gasteiger partial charge in [0, 0.05) is 11.5 Å². The molecular weight excluding hydrogens is 191 g/mol. The third kappa shape index (κ3) is 1.27. The number of fused-ring (bicyclic) bond motifs is 1. The van der Waals surface area contributed by atoms with E-state index in [4.69, 9.17) is 4.74 Å². The predicted molar refractivity (Wildman–Crippen MR) is 56.6 cm³/mol. The monoisotopic (exact) mass is 206 g/mol. The van der Waals surface area contributed by atoms with Gasteiger partial charge in [-0.05, 0) is 36.8 Å². The maximum absolute atomic E-state index is 13.1. The first-order valence-corrected chi connectivity index (χ1v) is 5.67. The van der Waals surface area contributed by atoms with Crippen LogP contribution < -0.4 is 4.74 Å². The van der Waals surface area contributed by atoms with Crippen molar-refractivity contribution < 1.29 is 9.13 Å². The largest absolute Gasteiger partial charge is 0.493 e. The highest BCUT2D eigenvalue weighted by Gasteiger charge is 2.52. The third-order valence-electron chi connectivity index (χ3n) is 3.91. The number of rotatable bonds is 1. The predicted octanol–water partition coefficient (Wildman–Crippen LogP) is 3.49. The van der Waals surface area contributed by atoms with E-state index in [1.807, 2.05) is 6.07 Å². The summed E-state index contributed by atoms with van der Waals surface area (Å²) in [6.45, 7) is 2.99. The van der Waals surface area contributed by atoms with Crippen molar-refractivity contribution in [1.82, 2.24) is 0 Å². The van der Waals surface area contributed by atoms with E-state index in [1.54, 1.807) is 6.07 Å². The van der Waals surface area contributed by atoms with E-state index < -0.39 is 0 Å².